The minimum Gasteiger partial charge on any atom is -0.471 e. The summed E-state index contributed by atoms with van der Waals surface area (Å²) in [6.07, 6.45) is 7.86. The van der Waals surface area contributed by atoms with Crippen LogP contribution in [0.3, 0.4) is 0 Å². The van der Waals surface area contributed by atoms with Crippen LogP contribution in [0.15, 0.2) is 18.7 Å². The first kappa shape index (κ1) is 22.3. The number of hydrogen-bond acceptors (Lipinski definition) is 8. The zero-order valence-electron chi connectivity index (χ0n) is 18.4. The third-order valence-corrected chi connectivity index (χ3v) is 6.35. The lowest BCUT2D eigenvalue weighted by Gasteiger charge is -2.27. The van der Waals surface area contributed by atoms with E-state index < -0.39 is 12.5 Å². The van der Waals surface area contributed by atoms with Gasteiger partial charge in [0.1, 0.15) is 12.4 Å². The molecule has 170 valence electrons. The smallest absolute Gasteiger partial charge is 0.278 e. The molecule has 0 spiro atoms. The molecule has 0 radical (unpaired) electrons. The van der Waals surface area contributed by atoms with Crippen molar-refractivity contribution < 1.29 is 18.3 Å². The van der Waals surface area contributed by atoms with Gasteiger partial charge >= 0.3 is 0 Å². The normalized spacial score (nSPS) is 26.7. The summed E-state index contributed by atoms with van der Waals surface area (Å²) in [7, 11) is 0. The Labute approximate surface area is 185 Å². The van der Waals surface area contributed by atoms with Crippen LogP contribution in [0, 0.1) is 17.2 Å². The van der Waals surface area contributed by atoms with Gasteiger partial charge in [0, 0.05) is 19.7 Å². The number of hydrogen-bond donors (Lipinski definition) is 1. The monoisotopic (exact) mass is 444 g/mol. The van der Waals surface area contributed by atoms with E-state index in [0.29, 0.717) is 35.1 Å². The number of alkyl halides is 2. The Kier molecular flexibility index (Phi) is 5.71. The zero-order valence-corrected chi connectivity index (χ0v) is 18.4. The summed E-state index contributed by atoms with van der Waals surface area (Å²) in [5.41, 5.74) is 1.53. The van der Waals surface area contributed by atoms with E-state index in [1.165, 1.54) is 18.7 Å². The van der Waals surface area contributed by atoms with Crippen LogP contribution >= 0.6 is 0 Å². The maximum atomic E-state index is 13.1. The molecule has 1 aliphatic carbocycles. The highest BCUT2D eigenvalue weighted by Gasteiger charge is 2.65. The maximum Gasteiger partial charge on any atom is 0.278 e. The van der Waals surface area contributed by atoms with Crippen molar-refractivity contribution in [1.82, 2.24) is 19.9 Å². The number of rotatable bonds is 8. The van der Waals surface area contributed by atoms with Gasteiger partial charge < -0.3 is 14.8 Å². The summed E-state index contributed by atoms with van der Waals surface area (Å²) in [6, 6.07) is 2.17. The third-order valence-electron chi connectivity index (χ3n) is 6.35. The number of epoxide rings is 1. The van der Waals surface area contributed by atoms with Crippen molar-refractivity contribution in [3.8, 4) is 11.9 Å². The molecular formula is C22H26F2N6O2. The largest absolute Gasteiger partial charge is 0.471 e. The number of nitriles is 1. The van der Waals surface area contributed by atoms with Crippen LogP contribution < -0.4 is 10.1 Å². The van der Waals surface area contributed by atoms with Gasteiger partial charge in [0.2, 0.25) is 11.8 Å². The van der Waals surface area contributed by atoms with Gasteiger partial charge in [0.25, 0.3) is 5.92 Å². The number of anilines is 1. The molecule has 4 rings (SSSR count). The molecule has 2 fully saturated rings. The van der Waals surface area contributed by atoms with E-state index in [4.69, 9.17) is 9.47 Å². The molecule has 1 N–H and O–H groups in total. The molecule has 3 heterocycles. The van der Waals surface area contributed by atoms with Gasteiger partial charge in [0.15, 0.2) is 6.61 Å². The Balaban J connectivity index is 1.43. The van der Waals surface area contributed by atoms with Gasteiger partial charge in [-0.05, 0) is 45.4 Å². The van der Waals surface area contributed by atoms with Gasteiger partial charge in [-0.15, -0.1) is 0 Å². The van der Waals surface area contributed by atoms with Crippen LogP contribution in [-0.4, -0.2) is 43.7 Å². The molecule has 0 amide bonds. The first-order valence-electron chi connectivity index (χ1n) is 10.6. The molecule has 0 aromatic carbocycles. The Hall–Kier alpha value is -2.93. The van der Waals surface area contributed by atoms with Crippen LogP contribution in [-0.2, 0) is 17.7 Å². The van der Waals surface area contributed by atoms with E-state index in [-0.39, 0.29) is 23.6 Å². The predicted molar refractivity (Wildman–Crippen MR) is 111 cm³/mol. The Bertz CT molecular complexity index is 1040. The minimum absolute atomic E-state index is 0.0147. The fourth-order valence-corrected chi connectivity index (χ4v) is 4.34. The SMILES string of the molecule is CC(F)(F)COc1ncncc1CNc1ncc(C#N)c(C[C@@H]2CC[C@@]3(C)OC3(C)C2)n1. The number of nitrogens with zero attached hydrogens (tertiary/aromatic N) is 5. The summed E-state index contributed by atoms with van der Waals surface area (Å²) in [5.74, 6) is -2.18. The second-order valence-corrected chi connectivity index (χ2v) is 9.11. The van der Waals surface area contributed by atoms with Gasteiger partial charge in [-0.2, -0.15) is 5.26 Å². The second-order valence-electron chi connectivity index (χ2n) is 9.11. The summed E-state index contributed by atoms with van der Waals surface area (Å²) in [4.78, 5) is 16.6. The lowest BCUT2D eigenvalue weighted by molar-refractivity contribution is -0.0245. The lowest BCUT2D eigenvalue weighted by Crippen LogP contribution is -2.30. The van der Waals surface area contributed by atoms with Gasteiger partial charge in [0.05, 0.1) is 34.2 Å². The number of ether oxygens (including phenoxy) is 2. The van der Waals surface area contributed by atoms with Crippen LogP contribution in [0.5, 0.6) is 5.88 Å². The molecular weight excluding hydrogens is 418 g/mol. The number of halogens is 2. The fraction of sp³-hybridized carbons (Fsp3) is 0.591. The average molecular weight is 444 g/mol. The Morgan fingerprint density at radius 3 is 2.84 bits per heavy atom. The molecule has 10 heteroatoms. The maximum absolute atomic E-state index is 13.1. The van der Waals surface area contributed by atoms with Gasteiger partial charge in [-0.3, -0.25) is 0 Å². The molecule has 1 saturated heterocycles. The molecule has 2 aromatic rings. The van der Waals surface area contributed by atoms with Gasteiger partial charge in [-0.1, -0.05) is 0 Å². The van der Waals surface area contributed by atoms with Crippen molar-refractivity contribution in [2.45, 2.75) is 70.1 Å². The topological polar surface area (TPSA) is 109 Å². The first-order chi connectivity index (χ1) is 15.1. The van der Waals surface area contributed by atoms with Crippen LogP contribution in [0.2, 0.25) is 0 Å². The van der Waals surface area contributed by atoms with E-state index >= 15 is 0 Å². The number of fused-ring (bicyclic) bond motifs is 1. The van der Waals surface area contributed by atoms with Crippen LogP contribution in [0.25, 0.3) is 0 Å². The third kappa shape index (κ3) is 4.78. The molecule has 8 nitrogen and oxygen atoms in total. The molecule has 2 aromatic heterocycles. The second kappa shape index (κ2) is 8.20. The van der Waals surface area contributed by atoms with Crippen molar-refractivity contribution in [1.29, 1.82) is 5.26 Å². The Morgan fingerprint density at radius 2 is 2.12 bits per heavy atom. The summed E-state index contributed by atoms with van der Waals surface area (Å²) < 4.78 is 37.4. The van der Waals surface area contributed by atoms with Crippen molar-refractivity contribution >= 4 is 5.95 Å². The van der Waals surface area contributed by atoms with Crippen molar-refractivity contribution in [2.24, 2.45) is 5.92 Å². The molecule has 0 bridgehead atoms. The molecule has 1 aliphatic heterocycles. The Morgan fingerprint density at radius 1 is 1.31 bits per heavy atom. The van der Waals surface area contributed by atoms with E-state index in [2.05, 4.69) is 45.2 Å². The zero-order chi connectivity index (χ0) is 23.0. The highest BCUT2D eigenvalue weighted by atomic mass is 19.3. The average Bonchev–Trinajstić information content (AvgIpc) is 3.32. The lowest BCUT2D eigenvalue weighted by atomic mass is 9.74. The van der Waals surface area contributed by atoms with Crippen LogP contribution in [0.1, 0.15) is 56.9 Å². The van der Waals surface area contributed by atoms with Crippen molar-refractivity contribution in [2.75, 3.05) is 11.9 Å². The molecule has 1 saturated carbocycles. The summed E-state index contributed by atoms with van der Waals surface area (Å²) >= 11 is 0. The molecule has 2 aliphatic rings. The quantitative estimate of drug-likeness (QED) is 0.614. The highest BCUT2D eigenvalue weighted by molar-refractivity contribution is 5.38. The predicted octanol–water partition coefficient (Wildman–Crippen LogP) is 3.67. The fourth-order valence-electron chi connectivity index (χ4n) is 4.34. The van der Waals surface area contributed by atoms with E-state index in [0.717, 1.165) is 26.2 Å². The van der Waals surface area contributed by atoms with E-state index in [1.54, 1.807) is 0 Å². The molecule has 3 atom stereocenters. The summed E-state index contributed by atoms with van der Waals surface area (Å²) in [6.45, 7) is 4.49. The molecule has 32 heavy (non-hydrogen) atoms. The minimum atomic E-state index is -2.97. The standard InChI is InChI=1S/C22H26F2N6O2/c1-20-5-4-14(7-21(20,2)32-20)6-17-15(8-25)10-27-19(30-17)28-11-16-9-26-13-29-18(16)31-12-22(3,23)24/h9-10,13-14H,4-7,11-12H2,1-3H3,(H,27,28,30)/t14-,20+,21?/m0/s1. The number of aromatic nitrogens is 4. The van der Waals surface area contributed by atoms with Crippen molar-refractivity contribution in [3.63, 3.8) is 0 Å². The highest BCUT2D eigenvalue weighted by Crippen LogP contribution is 2.58. The van der Waals surface area contributed by atoms with Crippen molar-refractivity contribution in [3.05, 3.63) is 35.5 Å². The number of nitrogens with one attached hydrogen (secondary N) is 1. The van der Waals surface area contributed by atoms with E-state index in [1.807, 2.05) is 0 Å². The first-order valence-corrected chi connectivity index (χ1v) is 10.6. The van der Waals surface area contributed by atoms with E-state index in [9.17, 15) is 14.0 Å². The molecule has 1 unspecified atom stereocenters. The van der Waals surface area contributed by atoms with Gasteiger partial charge in [-0.25, -0.2) is 28.7 Å². The van der Waals surface area contributed by atoms with Crippen LogP contribution in [0.4, 0.5) is 14.7 Å². The summed E-state index contributed by atoms with van der Waals surface area (Å²) in [5, 5.41) is 12.5.